The molecule has 0 atom stereocenters. The Hall–Kier alpha value is -2.76. The van der Waals surface area contributed by atoms with E-state index in [1.54, 1.807) is 0 Å². The molecular formula is C25H30N2O3. The molecule has 5 nitrogen and oxygen atoms in total. The van der Waals surface area contributed by atoms with Crippen LogP contribution >= 0.6 is 0 Å². The minimum absolute atomic E-state index is 0.708. The third-order valence-electron chi connectivity index (χ3n) is 5.35. The second-order valence-corrected chi connectivity index (χ2v) is 7.82. The van der Waals surface area contributed by atoms with Gasteiger partial charge < -0.3 is 18.8 Å². The Morgan fingerprint density at radius 3 is 2.57 bits per heavy atom. The van der Waals surface area contributed by atoms with Crippen molar-refractivity contribution in [2.45, 2.75) is 6.42 Å². The molecule has 0 spiro atoms. The number of anilines is 1. The van der Waals surface area contributed by atoms with Crippen LogP contribution in [0.2, 0.25) is 0 Å². The first-order chi connectivity index (χ1) is 14.7. The topological polar surface area (TPSA) is 38.1 Å². The molecule has 2 heterocycles. The summed E-state index contributed by atoms with van der Waals surface area (Å²) in [6.45, 7) is 5.49. The van der Waals surface area contributed by atoms with Crippen LogP contribution in [0.15, 0.2) is 52.9 Å². The highest BCUT2D eigenvalue weighted by Gasteiger charge is 2.09. The Balaban J connectivity index is 1.32. The van der Waals surface area contributed by atoms with E-state index >= 15 is 0 Å². The van der Waals surface area contributed by atoms with Crippen LogP contribution in [0.25, 0.3) is 23.1 Å². The lowest BCUT2D eigenvalue weighted by Crippen LogP contribution is -2.37. The van der Waals surface area contributed by atoms with Gasteiger partial charge in [-0.1, -0.05) is 18.2 Å². The van der Waals surface area contributed by atoms with E-state index in [0.29, 0.717) is 6.61 Å². The van der Waals surface area contributed by atoms with Gasteiger partial charge in [0.05, 0.1) is 19.8 Å². The van der Waals surface area contributed by atoms with Gasteiger partial charge in [0.1, 0.15) is 17.1 Å². The summed E-state index contributed by atoms with van der Waals surface area (Å²) in [4.78, 5) is 4.52. The van der Waals surface area contributed by atoms with Gasteiger partial charge in [0, 0.05) is 50.9 Å². The third-order valence-corrected chi connectivity index (χ3v) is 5.35. The average Bonchev–Trinajstić information content (AvgIpc) is 3.18. The van der Waals surface area contributed by atoms with Crippen LogP contribution in [0.1, 0.15) is 17.7 Å². The Labute approximate surface area is 178 Å². The summed E-state index contributed by atoms with van der Waals surface area (Å²) in [5.41, 5.74) is 3.18. The molecule has 3 aromatic rings. The summed E-state index contributed by atoms with van der Waals surface area (Å²) in [6.07, 6.45) is 5.09. The standard InChI is InChI=1S/C25H30N2O3/c1-26(2)22-8-4-20(5-9-22)6-10-24-18-21-7-11-23(19-25(21)30-24)29-15-3-12-27-13-16-28-17-14-27/h4-11,18-19H,3,12-17H2,1-2H3/b10-6+. The van der Waals surface area contributed by atoms with E-state index in [-0.39, 0.29) is 0 Å². The first kappa shape index (κ1) is 20.5. The molecule has 2 aromatic carbocycles. The van der Waals surface area contributed by atoms with Crippen molar-refractivity contribution in [3.8, 4) is 5.75 Å². The van der Waals surface area contributed by atoms with Crippen molar-refractivity contribution in [3.63, 3.8) is 0 Å². The van der Waals surface area contributed by atoms with E-state index in [1.165, 1.54) is 5.69 Å². The number of hydrogen-bond acceptors (Lipinski definition) is 5. The SMILES string of the molecule is CN(C)c1ccc(/C=C/c2cc3ccc(OCCCN4CCOCC4)cc3o2)cc1. The maximum absolute atomic E-state index is 6.00. The molecule has 0 saturated carbocycles. The van der Waals surface area contributed by atoms with Gasteiger partial charge >= 0.3 is 0 Å². The predicted octanol–water partition coefficient (Wildman–Crippen LogP) is 4.77. The largest absolute Gasteiger partial charge is 0.493 e. The van der Waals surface area contributed by atoms with E-state index in [9.17, 15) is 0 Å². The average molecular weight is 407 g/mol. The third kappa shape index (κ3) is 5.43. The molecule has 0 amide bonds. The molecular weight excluding hydrogens is 376 g/mol. The summed E-state index contributed by atoms with van der Waals surface area (Å²) in [6, 6.07) is 16.5. The van der Waals surface area contributed by atoms with Crippen LogP contribution in [-0.4, -0.2) is 58.5 Å². The Bertz CT molecular complexity index is 970. The Morgan fingerprint density at radius 2 is 1.80 bits per heavy atom. The van der Waals surface area contributed by atoms with Gasteiger partial charge in [0.2, 0.25) is 0 Å². The van der Waals surface area contributed by atoms with E-state index in [0.717, 1.165) is 67.3 Å². The van der Waals surface area contributed by atoms with Crippen molar-refractivity contribution < 1.29 is 13.9 Å². The Morgan fingerprint density at radius 1 is 1.00 bits per heavy atom. The van der Waals surface area contributed by atoms with Crippen LogP contribution in [0.5, 0.6) is 5.75 Å². The molecule has 1 aliphatic rings. The van der Waals surface area contributed by atoms with E-state index in [2.05, 4.69) is 52.3 Å². The number of nitrogens with zero attached hydrogens (tertiary/aromatic N) is 2. The van der Waals surface area contributed by atoms with Gasteiger partial charge in [-0.05, 0) is 48.4 Å². The molecule has 1 fully saturated rings. The maximum Gasteiger partial charge on any atom is 0.138 e. The van der Waals surface area contributed by atoms with Crippen molar-refractivity contribution in [2.24, 2.45) is 0 Å². The predicted molar refractivity (Wildman–Crippen MR) is 123 cm³/mol. The maximum atomic E-state index is 6.00. The summed E-state index contributed by atoms with van der Waals surface area (Å²) in [5.74, 6) is 1.69. The quantitative estimate of drug-likeness (QED) is 0.504. The number of rotatable bonds is 8. The van der Waals surface area contributed by atoms with Crippen LogP contribution in [0, 0.1) is 0 Å². The minimum atomic E-state index is 0.708. The van der Waals surface area contributed by atoms with Crippen molar-refractivity contribution >= 4 is 28.8 Å². The van der Waals surface area contributed by atoms with E-state index < -0.39 is 0 Å². The zero-order valence-electron chi connectivity index (χ0n) is 17.8. The number of furan rings is 1. The van der Waals surface area contributed by atoms with Gasteiger partial charge in [-0.15, -0.1) is 0 Å². The molecule has 158 valence electrons. The monoisotopic (exact) mass is 406 g/mol. The fraction of sp³-hybridized carbons (Fsp3) is 0.360. The first-order valence-electron chi connectivity index (χ1n) is 10.6. The lowest BCUT2D eigenvalue weighted by atomic mass is 10.1. The molecule has 0 bridgehead atoms. The second kappa shape index (κ2) is 9.83. The van der Waals surface area contributed by atoms with Crippen molar-refractivity contribution in [2.75, 3.05) is 58.5 Å². The van der Waals surface area contributed by atoms with Gasteiger partial charge in [-0.3, -0.25) is 4.90 Å². The molecule has 4 rings (SSSR count). The lowest BCUT2D eigenvalue weighted by Gasteiger charge is -2.26. The number of morpholine rings is 1. The van der Waals surface area contributed by atoms with Crippen molar-refractivity contribution in [1.82, 2.24) is 4.90 Å². The summed E-state index contributed by atoms with van der Waals surface area (Å²) in [7, 11) is 4.09. The normalized spacial score (nSPS) is 15.1. The summed E-state index contributed by atoms with van der Waals surface area (Å²) < 4.78 is 17.3. The fourth-order valence-corrected chi connectivity index (χ4v) is 3.57. The molecule has 0 aliphatic carbocycles. The van der Waals surface area contributed by atoms with Gasteiger partial charge in [-0.25, -0.2) is 0 Å². The summed E-state index contributed by atoms with van der Waals surface area (Å²) in [5, 5.41) is 1.08. The molecule has 1 saturated heterocycles. The lowest BCUT2D eigenvalue weighted by molar-refractivity contribution is 0.0358. The van der Waals surface area contributed by atoms with E-state index in [1.807, 2.05) is 32.3 Å². The molecule has 1 aliphatic heterocycles. The van der Waals surface area contributed by atoms with Gasteiger partial charge in [0.15, 0.2) is 0 Å². The number of ether oxygens (including phenoxy) is 2. The van der Waals surface area contributed by atoms with E-state index in [4.69, 9.17) is 13.9 Å². The van der Waals surface area contributed by atoms with Crippen molar-refractivity contribution in [1.29, 1.82) is 0 Å². The van der Waals surface area contributed by atoms with Gasteiger partial charge in [-0.2, -0.15) is 0 Å². The molecule has 0 radical (unpaired) electrons. The smallest absolute Gasteiger partial charge is 0.138 e. The summed E-state index contributed by atoms with van der Waals surface area (Å²) >= 11 is 0. The highest BCUT2D eigenvalue weighted by molar-refractivity contribution is 5.83. The zero-order chi connectivity index (χ0) is 20.8. The second-order valence-electron chi connectivity index (χ2n) is 7.82. The minimum Gasteiger partial charge on any atom is -0.493 e. The van der Waals surface area contributed by atoms with Gasteiger partial charge in [0.25, 0.3) is 0 Å². The Kier molecular flexibility index (Phi) is 6.72. The molecule has 1 aromatic heterocycles. The number of benzene rings is 2. The number of hydrogen-bond donors (Lipinski definition) is 0. The highest BCUT2D eigenvalue weighted by Crippen LogP contribution is 2.26. The fourth-order valence-electron chi connectivity index (χ4n) is 3.57. The van der Waals surface area contributed by atoms with Crippen LogP contribution in [0.4, 0.5) is 5.69 Å². The zero-order valence-corrected chi connectivity index (χ0v) is 17.8. The van der Waals surface area contributed by atoms with Crippen LogP contribution in [0.3, 0.4) is 0 Å². The molecule has 0 N–H and O–H groups in total. The van der Waals surface area contributed by atoms with Crippen LogP contribution < -0.4 is 9.64 Å². The molecule has 30 heavy (non-hydrogen) atoms. The first-order valence-corrected chi connectivity index (χ1v) is 10.6. The molecule has 0 unspecified atom stereocenters. The van der Waals surface area contributed by atoms with Crippen molar-refractivity contribution in [3.05, 3.63) is 59.9 Å². The van der Waals surface area contributed by atoms with Crippen LogP contribution in [-0.2, 0) is 4.74 Å². The molecule has 5 heteroatoms. The highest BCUT2D eigenvalue weighted by atomic mass is 16.5. The number of fused-ring (bicyclic) bond motifs is 1.